The number of anilines is 1. The second-order valence-corrected chi connectivity index (χ2v) is 6.80. The molecule has 1 aromatic carbocycles. The van der Waals surface area contributed by atoms with Gasteiger partial charge >= 0.3 is 0 Å². The zero-order chi connectivity index (χ0) is 17.2. The first-order valence-corrected chi connectivity index (χ1v) is 9.79. The van der Waals surface area contributed by atoms with Crippen LogP contribution in [-0.2, 0) is 9.59 Å². The van der Waals surface area contributed by atoms with E-state index < -0.39 is 0 Å². The Morgan fingerprint density at radius 2 is 1.92 bits per heavy atom. The molecule has 0 saturated heterocycles. The zero-order valence-electron chi connectivity index (χ0n) is 14.3. The van der Waals surface area contributed by atoms with Crippen molar-refractivity contribution in [3.8, 4) is 0 Å². The van der Waals surface area contributed by atoms with Gasteiger partial charge in [0.15, 0.2) is 0 Å². The number of thioether (sulfide) groups is 1. The van der Waals surface area contributed by atoms with Crippen molar-refractivity contribution in [2.24, 2.45) is 0 Å². The molecule has 0 heterocycles. The van der Waals surface area contributed by atoms with Gasteiger partial charge in [-0.05, 0) is 50.5 Å². The number of nitrogens with one attached hydrogen (secondary N) is 2. The van der Waals surface area contributed by atoms with E-state index in [2.05, 4.69) is 16.7 Å². The van der Waals surface area contributed by atoms with Crippen LogP contribution in [0.3, 0.4) is 0 Å². The van der Waals surface area contributed by atoms with Crippen molar-refractivity contribution in [2.75, 3.05) is 18.1 Å². The predicted molar refractivity (Wildman–Crippen MR) is 100 cm³/mol. The fraction of sp³-hybridized carbons (Fsp3) is 0.474. The summed E-state index contributed by atoms with van der Waals surface area (Å²) in [5.74, 6) is -0.179. The van der Waals surface area contributed by atoms with Crippen molar-refractivity contribution in [3.63, 3.8) is 0 Å². The molecule has 0 aromatic heterocycles. The first-order chi connectivity index (χ1) is 11.7. The number of rotatable bonds is 8. The molecule has 0 aliphatic heterocycles. The quantitative estimate of drug-likeness (QED) is 0.549. The first kappa shape index (κ1) is 18.6. The summed E-state index contributed by atoms with van der Waals surface area (Å²) < 4.78 is 0. The predicted octanol–water partition coefficient (Wildman–Crippen LogP) is 4.13. The Balaban J connectivity index is 1.65. The van der Waals surface area contributed by atoms with Crippen molar-refractivity contribution < 1.29 is 9.59 Å². The lowest BCUT2D eigenvalue weighted by molar-refractivity contribution is -0.124. The van der Waals surface area contributed by atoms with Crippen LogP contribution in [0.1, 0.15) is 44.9 Å². The molecule has 4 nitrogen and oxygen atoms in total. The van der Waals surface area contributed by atoms with Crippen LogP contribution in [0.5, 0.6) is 0 Å². The summed E-state index contributed by atoms with van der Waals surface area (Å²) in [6, 6.07) is 7.67. The molecule has 2 rings (SSSR count). The van der Waals surface area contributed by atoms with Gasteiger partial charge in [-0.2, -0.15) is 0 Å². The van der Waals surface area contributed by atoms with E-state index in [1.54, 1.807) is 11.8 Å². The monoisotopic (exact) mass is 346 g/mol. The summed E-state index contributed by atoms with van der Waals surface area (Å²) in [5.41, 5.74) is 2.26. The standard InChI is InChI=1S/C19H26N2O2S/c1-24-17-10-6-5-9-16(17)21-19(23)12-11-18(22)20-14-13-15-7-3-2-4-8-15/h5-7,9-10H,2-4,8,11-14H2,1H3,(H,20,22)(H,21,23). The van der Waals surface area contributed by atoms with Gasteiger partial charge in [0.1, 0.15) is 0 Å². The van der Waals surface area contributed by atoms with Crippen LogP contribution < -0.4 is 10.6 Å². The molecule has 0 saturated carbocycles. The molecular weight excluding hydrogens is 320 g/mol. The molecule has 0 radical (unpaired) electrons. The number of carbonyl (C=O) groups is 2. The topological polar surface area (TPSA) is 58.2 Å². The van der Waals surface area contributed by atoms with E-state index in [-0.39, 0.29) is 24.7 Å². The average Bonchev–Trinajstić information content (AvgIpc) is 2.61. The van der Waals surface area contributed by atoms with Crippen molar-refractivity contribution in [1.29, 1.82) is 0 Å². The number of carbonyl (C=O) groups excluding carboxylic acids is 2. The molecule has 1 aromatic rings. The average molecular weight is 346 g/mol. The van der Waals surface area contributed by atoms with Crippen molar-refractivity contribution >= 4 is 29.3 Å². The fourth-order valence-electron chi connectivity index (χ4n) is 2.77. The summed E-state index contributed by atoms with van der Waals surface area (Å²) in [6.45, 7) is 0.668. The minimum absolute atomic E-state index is 0.0558. The fourth-order valence-corrected chi connectivity index (χ4v) is 3.32. The minimum atomic E-state index is -0.123. The summed E-state index contributed by atoms with van der Waals surface area (Å²) in [6.07, 6.45) is 10.5. The van der Waals surface area contributed by atoms with Gasteiger partial charge in [-0.3, -0.25) is 9.59 Å². The van der Waals surface area contributed by atoms with Crippen LogP contribution >= 0.6 is 11.8 Å². The smallest absolute Gasteiger partial charge is 0.224 e. The summed E-state index contributed by atoms with van der Waals surface area (Å²) in [7, 11) is 0. The molecule has 1 aliphatic rings. The number of allylic oxidation sites excluding steroid dienone is 1. The zero-order valence-corrected chi connectivity index (χ0v) is 15.1. The molecular formula is C19H26N2O2S. The lowest BCUT2D eigenvalue weighted by atomic mass is 9.97. The van der Waals surface area contributed by atoms with Gasteiger partial charge in [-0.25, -0.2) is 0 Å². The molecule has 24 heavy (non-hydrogen) atoms. The number of amides is 2. The van der Waals surface area contributed by atoms with Crippen LogP contribution in [0.4, 0.5) is 5.69 Å². The lowest BCUT2D eigenvalue weighted by Gasteiger charge is -2.13. The first-order valence-electron chi connectivity index (χ1n) is 8.56. The Morgan fingerprint density at radius 3 is 2.67 bits per heavy atom. The molecule has 0 fully saturated rings. The van der Waals surface area contributed by atoms with Gasteiger partial charge in [0, 0.05) is 24.3 Å². The SMILES string of the molecule is CSc1ccccc1NC(=O)CCC(=O)NCCC1=CCCCC1. The maximum atomic E-state index is 12.0. The molecule has 0 atom stereocenters. The normalized spacial score (nSPS) is 14.0. The second-order valence-electron chi connectivity index (χ2n) is 5.96. The number of benzene rings is 1. The maximum Gasteiger partial charge on any atom is 0.224 e. The third kappa shape index (κ3) is 6.40. The Kier molecular flexibility index (Phi) is 7.89. The summed E-state index contributed by atoms with van der Waals surface area (Å²) >= 11 is 1.59. The Hall–Kier alpha value is -1.75. The van der Waals surface area contributed by atoms with Crippen LogP contribution in [-0.4, -0.2) is 24.6 Å². The van der Waals surface area contributed by atoms with Gasteiger partial charge in [0.2, 0.25) is 11.8 Å². The molecule has 0 bridgehead atoms. The van der Waals surface area contributed by atoms with E-state index in [9.17, 15) is 9.59 Å². The van der Waals surface area contributed by atoms with Crippen molar-refractivity contribution in [2.45, 2.75) is 49.8 Å². The third-order valence-electron chi connectivity index (χ3n) is 4.11. The second kappa shape index (κ2) is 10.2. The summed E-state index contributed by atoms with van der Waals surface area (Å²) in [5, 5.41) is 5.78. The highest BCUT2D eigenvalue weighted by atomic mass is 32.2. The van der Waals surface area contributed by atoms with Crippen LogP contribution in [0.15, 0.2) is 40.8 Å². The number of hydrogen-bond donors (Lipinski definition) is 2. The van der Waals surface area contributed by atoms with Gasteiger partial charge < -0.3 is 10.6 Å². The molecule has 0 unspecified atom stereocenters. The lowest BCUT2D eigenvalue weighted by Crippen LogP contribution is -2.26. The van der Waals surface area contributed by atoms with Gasteiger partial charge in [-0.15, -0.1) is 11.8 Å². The van der Waals surface area contributed by atoms with E-state index in [1.165, 1.54) is 24.8 Å². The number of hydrogen-bond acceptors (Lipinski definition) is 3. The highest BCUT2D eigenvalue weighted by Gasteiger charge is 2.09. The number of para-hydroxylation sites is 1. The van der Waals surface area contributed by atoms with E-state index in [4.69, 9.17) is 0 Å². The Bertz CT molecular complexity index is 599. The van der Waals surface area contributed by atoms with Crippen LogP contribution in [0, 0.1) is 0 Å². The van der Waals surface area contributed by atoms with Crippen LogP contribution in [0.2, 0.25) is 0 Å². The van der Waals surface area contributed by atoms with E-state index in [0.29, 0.717) is 6.54 Å². The van der Waals surface area contributed by atoms with Crippen molar-refractivity contribution in [1.82, 2.24) is 5.32 Å². The van der Waals surface area contributed by atoms with E-state index >= 15 is 0 Å². The van der Waals surface area contributed by atoms with Gasteiger partial charge in [-0.1, -0.05) is 23.8 Å². The van der Waals surface area contributed by atoms with Crippen molar-refractivity contribution in [3.05, 3.63) is 35.9 Å². The maximum absolute atomic E-state index is 12.0. The Labute approximate surface area is 148 Å². The Morgan fingerprint density at radius 1 is 1.12 bits per heavy atom. The highest BCUT2D eigenvalue weighted by Crippen LogP contribution is 2.24. The van der Waals surface area contributed by atoms with Gasteiger partial charge in [0.05, 0.1) is 5.69 Å². The van der Waals surface area contributed by atoms with E-state index in [0.717, 1.165) is 23.4 Å². The third-order valence-corrected chi connectivity index (χ3v) is 4.91. The molecule has 5 heteroatoms. The largest absolute Gasteiger partial charge is 0.356 e. The minimum Gasteiger partial charge on any atom is -0.356 e. The van der Waals surface area contributed by atoms with Gasteiger partial charge in [0.25, 0.3) is 0 Å². The van der Waals surface area contributed by atoms with E-state index in [1.807, 2.05) is 30.5 Å². The molecule has 2 N–H and O–H groups in total. The molecule has 1 aliphatic carbocycles. The molecule has 2 amide bonds. The highest BCUT2D eigenvalue weighted by molar-refractivity contribution is 7.98. The molecule has 130 valence electrons. The molecule has 0 spiro atoms. The van der Waals surface area contributed by atoms with Crippen LogP contribution in [0.25, 0.3) is 0 Å². The summed E-state index contributed by atoms with van der Waals surface area (Å²) in [4.78, 5) is 24.9.